The van der Waals surface area contributed by atoms with Crippen molar-refractivity contribution in [3.63, 3.8) is 0 Å². The Kier molecular flexibility index (Phi) is 2.31. The number of aromatic nitrogens is 2. The number of fused-ring (bicyclic) bond motifs is 1. The quantitative estimate of drug-likeness (QED) is 0.681. The molecule has 0 saturated carbocycles. The molecule has 0 fully saturated rings. The van der Waals surface area contributed by atoms with Crippen LogP contribution in [-0.2, 0) is 7.05 Å². The normalized spacial score (nSPS) is 11.0. The third-order valence-electron chi connectivity index (χ3n) is 3.05. The number of hydrogen-bond donors (Lipinski definition) is 2. The second-order valence-corrected chi connectivity index (χ2v) is 4.29. The van der Waals surface area contributed by atoms with Crippen LogP contribution in [0.15, 0.2) is 44.3 Å². The van der Waals surface area contributed by atoms with E-state index in [1.807, 2.05) is 0 Å². The molecule has 0 atom stereocenters. The van der Waals surface area contributed by atoms with Crippen molar-refractivity contribution in [3.05, 3.63) is 51.2 Å². The molecule has 6 heteroatoms. The second kappa shape index (κ2) is 3.88. The number of rotatable bonds is 1. The third kappa shape index (κ3) is 1.83. The Bertz CT molecular complexity index is 886. The van der Waals surface area contributed by atoms with Crippen molar-refractivity contribution in [1.82, 2.24) is 9.55 Å². The van der Waals surface area contributed by atoms with Crippen LogP contribution in [0.25, 0.3) is 22.2 Å². The lowest BCUT2D eigenvalue weighted by atomic mass is 10.1. The Morgan fingerprint density at radius 2 is 1.95 bits per heavy atom. The zero-order valence-corrected chi connectivity index (χ0v) is 10.1. The zero-order chi connectivity index (χ0) is 13.6. The van der Waals surface area contributed by atoms with E-state index < -0.39 is 5.76 Å². The first kappa shape index (κ1) is 11.3. The number of nitrogen functional groups attached to an aromatic ring is 1. The summed E-state index contributed by atoms with van der Waals surface area (Å²) in [6.45, 7) is 0. The average Bonchev–Trinajstić information content (AvgIpc) is 2.74. The van der Waals surface area contributed by atoms with Crippen LogP contribution >= 0.6 is 0 Å². The molecule has 0 amide bonds. The van der Waals surface area contributed by atoms with Gasteiger partial charge in [0.2, 0.25) is 0 Å². The number of aromatic amines is 1. The smallest absolute Gasteiger partial charge is 0.408 e. The molecule has 0 aliphatic rings. The molecule has 2 heterocycles. The zero-order valence-electron chi connectivity index (χ0n) is 10.1. The fourth-order valence-electron chi connectivity index (χ4n) is 1.95. The van der Waals surface area contributed by atoms with Crippen molar-refractivity contribution < 1.29 is 4.42 Å². The molecule has 0 saturated heterocycles. The average molecular weight is 257 g/mol. The molecule has 6 nitrogen and oxygen atoms in total. The maximum Gasteiger partial charge on any atom is 0.417 e. The van der Waals surface area contributed by atoms with Crippen molar-refractivity contribution in [2.24, 2.45) is 7.05 Å². The Morgan fingerprint density at radius 1 is 1.16 bits per heavy atom. The molecule has 0 unspecified atom stereocenters. The molecule has 3 rings (SSSR count). The first-order valence-electron chi connectivity index (χ1n) is 5.64. The van der Waals surface area contributed by atoms with E-state index in [-0.39, 0.29) is 5.56 Å². The fraction of sp³-hybridized carbons (Fsp3) is 0.0769. The van der Waals surface area contributed by atoms with Crippen LogP contribution in [-0.4, -0.2) is 9.55 Å². The van der Waals surface area contributed by atoms with Gasteiger partial charge >= 0.3 is 5.76 Å². The van der Waals surface area contributed by atoms with Gasteiger partial charge in [0, 0.05) is 13.1 Å². The van der Waals surface area contributed by atoms with Crippen LogP contribution in [0.5, 0.6) is 0 Å². The van der Waals surface area contributed by atoms with Crippen molar-refractivity contribution in [2.75, 3.05) is 5.73 Å². The van der Waals surface area contributed by atoms with Crippen LogP contribution in [0, 0.1) is 0 Å². The van der Waals surface area contributed by atoms with Gasteiger partial charge in [-0.25, -0.2) is 4.79 Å². The lowest BCUT2D eigenvalue weighted by molar-refractivity contribution is 0.555. The molecular formula is C13H11N3O3. The number of nitrogens with one attached hydrogen (secondary N) is 1. The minimum Gasteiger partial charge on any atom is -0.408 e. The van der Waals surface area contributed by atoms with Crippen LogP contribution in [0.1, 0.15) is 0 Å². The fourth-order valence-corrected chi connectivity index (χ4v) is 1.95. The lowest BCUT2D eigenvalue weighted by Gasteiger charge is -2.06. The number of nitrogens with two attached hydrogens (primary N) is 1. The van der Waals surface area contributed by atoms with Gasteiger partial charge in [0.25, 0.3) is 5.56 Å². The standard InChI is InChI=1S/C13H11N3O3/c1-16-11(14)5-8(6-12(16)17)7-2-3-9-10(4-7)19-13(18)15-9/h2-6H,14H2,1H3,(H,15,18). The van der Waals surface area contributed by atoms with Crippen molar-refractivity contribution in [1.29, 1.82) is 0 Å². The van der Waals surface area contributed by atoms with E-state index in [1.54, 1.807) is 31.3 Å². The molecule has 19 heavy (non-hydrogen) atoms. The van der Waals surface area contributed by atoms with Crippen LogP contribution in [0.2, 0.25) is 0 Å². The number of anilines is 1. The van der Waals surface area contributed by atoms with Gasteiger partial charge in [-0.15, -0.1) is 0 Å². The molecular weight excluding hydrogens is 246 g/mol. The van der Waals surface area contributed by atoms with Crippen molar-refractivity contribution >= 4 is 16.9 Å². The van der Waals surface area contributed by atoms with E-state index in [1.165, 1.54) is 10.6 Å². The first-order valence-corrected chi connectivity index (χ1v) is 5.64. The highest BCUT2D eigenvalue weighted by atomic mass is 16.4. The van der Waals surface area contributed by atoms with E-state index in [4.69, 9.17) is 10.2 Å². The summed E-state index contributed by atoms with van der Waals surface area (Å²) in [4.78, 5) is 25.4. The minimum atomic E-state index is -0.504. The maximum absolute atomic E-state index is 11.7. The molecule has 96 valence electrons. The summed E-state index contributed by atoms with van der Waals surface area (Å²) in [6.07, 6.45) is 0. The van der Waals surface area contributed by atoms with E-state index in [0.29, 0.717) is 22.5 Å². The Hall–Kier alpha value is -2.76. The van der Waals surface area contributed by atoms with Crippen molar-refractivity contribution in [2.45, 2.75) is 0 Å². The van der Waals surface area contributed by atoms with Gasteiger partial charge in [0.1, 0.15) is 5.82 Å². The molecule has 2 aromatic heterocycles. The number of oxazole rings is 1. The minimum absolute atomic E-state index is 0.189. The summed E-state index contributed by atoms with van der Waals surface area (Å²) in [5.41, 5.74) is 8.08. The Labute approximate surface area is 107 Å². The number of hydrogen-bond acceptors (Lipinski definition) is 4. The molecule has 1 aromatic carbocycles. The summed E-state index contributed by atoms with van der Waals surface area (Å²) in [6, 6.07) is 8.41. The number of benzene rings is 1. The van der Waals surface area contributed by atoms with Gasteiger partial charge < -0.3 is 10.2 Å². The summed E-state index contributed by atoms with van der Waals surface area (Å²) in [5, 5.41) is 0. The highest BCUT2D eigenvalue weighted by molar-refractivity contribution is 5.80. The van der Waals surface area contributed by atoms with Gasteiger partial charge in [-0.05, 0) is 29.3 Å². The SMILES string of the molecule is Cn1c(N)cc(-c2ccc3[nH]c(=O)oc3c2)cc1=O. The number of pyridine rings is 1. The number of nitrogens with zero attached hydrogens (tertiary/aromatic N) is 1. The highest BCUT2D eigenvalue weighted by Gasteiger charge is 2.06. The van der Waals surface area contributed by atoms with E-state index in [0.717, 1.165) is 5.56 Å². The highest BCUT2D eigenvalue weighted by Crippen LogP contribution is 2.23. The van der Waals surface area contributed by atoms with Gasteiger partial charge in [0.05, 0.1) is 5.52 Å². The summed E-state index contributed by atoms with van der Waals surface area (Å²) in [7, 11) is 1.61. The molecule has 0 spiro atoms. The Morgan fingerprint density at radius 3 is 2.68 bits per heavy atom. The molecule has 3 N–H and O–H groups in total. The molecule has 0 bridgehead atoms. The molecule has 0 radical (unpaired) electrons. The maximum atomic E-state index is 11.7. The monoisotopic (exact) mass is 257 g/mol. The number of H-pyrrole nitrogens is 1. The lowest BCUT2D eigenvalue weighted by Crippen LogP contribution is -2.18. The summed E-state index contributed by atoms with van der Waals surface area (Å²) >= 11 is 0. The van der Waals surface area contributed by atoms with Crippen LogP contribution in [0.4, 0.5) is 5.82 Å². The predicted molar refractivity (Wildman–Crippen MR) is 71.9 cm³/mol. The van der Waals surface area contributed by atoms with Crippen LogP contribution < -0.4 is 17.0 Å². The van der Waals surface area contributed by atoms with E-state index >= 15 is 0 Å². The summed E-state index contributed by atoms with van der Waals surface area (Å²) in [5.74, 6) is -0.131. The van der Waals surface area contributed by atoms with Crippen LogP contribution in [0.3, 0.4) is 0 Å². The largest absolute Gasteiger partial charge is 0.417 e. The van der Waals surface area contributed by atoms with Gasteiger partial charge in [-0.2, -0.15) is 0 Å². The van der Waals surface area contributed by atoms with Gasteiger partial charge in [0.15, 0.2) is 5.58 Å². The molecule has 0 aliphatic carbocycles. The first-order chi connectivity index (χ1) is 9.04. The topological polar surface area (TPSA) is 94.0 Å². The predicted octanol–water partition coefficient (Wildman–Crippen LogP) is 1.07. The summed E-state index contributed by atoms with van der Waals surface area (Å²) < 4.78 is 6.35. The van der Waals surface area contributed by atoms with Gasteiger partial charge in [-0.3, -0.25) is 14.3 Å². The van der Waals surface area contributed by atoms with Crippen molar-refractivity contribution in [3.8, 4) is 11.1 Å². The van der Waals surface area contributed by atoms with E-state index in [9.17, 15) is 9.59 Å². The molecule has 3 aromatic rings. The molecule has 0 aliphatic heterocycles. The Balaban J connectivity index is 2.23. The van der Waals surface area contributed by atoms with E-state index in [2.05, 4.69) is 4.98 Å². The third-order valence-corrected chi connectivity index (χ3v) is 3.05. The second-order valence-electron chi connectivity index (χ2n) is 4.29. The van der Waals surface area contributed by atoms with Gasteiger partial charge in [-0.1, -0.05) is 6.07 Å².